The van der Waals surface area contributed by atoms with Gasteiger partial charge in [-0.15, -0.1) is 0 Å². The highest BCUT2D eigenvalue weighted by molar-refractivity contribution is 6.31. The molecule has 12 nitrogen and oxygen atoms in total. The van der Waals surface area contributed by atoms with Crippen LogP contribution in [0.25, 0.3) is 11.0 Å². The normalized spacial score (nSPS) is 16.7. The van der Waals surface area contributed by atoms with Crippen LogP contribution in [0.1, 0.15) is 88.1 Å². The average Bonchev–Trinajstić information content (AvgIpc) is 3.97. The van der Waals surface area contributed by atoms with Crippen LogP contribution in [0.15, 0.2) is 97.3 Å². The van der Waals surface area contributed by atoms with Gasteiger partial charge in [-0.25, -0.2) is 18.2 Å². The second-order valence-electron chi connectivity index (χ2n) is 18.6. The molecule has 4 amide bonds. The molecule has 0 radical (unpaired) electrons. The Balaban J connectivity index is 0.706. The van der Waals surface area contributed by atoms with Crippen LogP contribution in [0.5, 0.6) is 0 Å². The first-order valence-electron chi connectivity index (χ1n) is 23.5. The van der Waals surface area contributed by atoms with Crippen LogP contribution in [-0.4, -0.2) is 71.4 Å². The van der Waals surface area contributed by atoms with Gasteiger partial charge in [-0.3, -0.25) is 19.2 Å². The maximum atomic E-state index is 15.2. The molecule has 5 heterocycles. The van der Waals surface area contributed by atoms with Crippen LogP contribution in [-0.2, 0) is 41.1 Å². The molecule has 0 unspecified atom stereocenters. The van der Waals surface area contributed by atoms with E-state index in [4.69, 9.17) is 11.6 Å². The number of unbranched alkanes of at least 4 members (excludes halogenated alkanes) is 1. The van der Waals surface area contributed by atoms with Crippen molar-refractivity contribution in [1.82, 2.24) is 30.8 Å². The Labute approximate surface area is 409 Å². The summed E-state index contributed by atoms with van der Waals surface area (Å²) in [5.41, 5.74) is 3.48. The minimum atomic E-state index is -0.964. The van der Waals surface area contributed by atoms with Crippen molar-refractivity contribution in [1.29, 1.82) is 0 Å². The van der Waals surface area contributed by atoms with Crippen molar-refractivity contribution >= 4 is 57.6 Å². The van der Waals surface area contributed by atoms with E-state index in [9.17, 15) is 23.6 Å². The highest BCUT2D eigenvalue weighted by Crippen LogP contribution is 2.43. The van der Waals surface area contributed by atoms with Crippen LogP contribution < -0.4 is 31.1 Å². The molecule has 3 aliphatic heterocycles. The first-order chi connectivity index (χ1) is 33.7. The Bertz CT molecular complexity index is 3020. The number of aromatic nitrogens is 2. The molecule has 0 aliphatic carbocycles. The van der Waals surface area contributed by atoms with Crippen LogP contribution in [0.2, 0.25) is 5.02 Å². The number of aryl methyl sites for hydroxylation is 1. The monoisotopic (exact) mass is 968 g/mol. The summed E-state index contributed by atoms with van der Waals surface area (Å²) in [6.45, 7) is 6.35. The lowest BCUT2D eigenvalue weighted by atomic mass is 9.86. The van der Waals surface area contributed by atoms with Gasteiger partial charge in [0.15, 0.2) is 0 Å². The Kier molecular flexibility index (Phi) is 14.0. The zero-order valence-corrected chi connectivity index (χ0v) is 39.6. The summed E-state index contributed by atoms with van der Waals surface area (Å²) in [6, 6.07) is 24.4. The maximum Gasteiger partial charge on any atom is 0.296 e. The number of pyridine rings is 1. The average molecular weight is 970 g/mol. The fourth-order valence-corrected chi connectivity index (χ4v) is 9.79. The number of amides is 4. The molecule has 2 saturated heterocycles. The molecule has 3 aliphatic rings. The summed E-state index contributed by atoms with van der Waals surface area (Å²) in [6.07, 6.45) is 8.04. The number of carbonyl (C=O) groups is 4. The molecule has 4 N–H and O–H groups in total. The predicted molar refractivity (Wildman–Crippen MR) is 263 cm³/mol. The van der Waals surface area contributed by atoms with E-state index >= 15 is 8.78 Å². The van der Waals surface area contributed by atoms with Crippen LogP contribution >= 0.6 is 11.6 Å². The number of hydrogen-bond acceptors (Lipinski definition) is 7. The Morgan fingerprint density at radius 2 is 1.57 bits per heavy atom. The Hall–Kier alpha value is -7.15. The van der Waals surface area contributed by atoms with Gasteiger partial charge in [0.1, 0.15) is 23.1 Å². The van der Waals surface area contributed by atoms with Crippen molar-refractivity contribution in [2.24, 2.45) is 0 Å². The summed E-state index contributed by atoms with van der Waals surface area (Å²) >= 11 is 6.26. The molecule has 0 saturated carbocycles. The molecule has 360 valence electrons. The fraction of sp³-hybridized carbons (Fsp3) is 0.315. The van der Waals surface area contributed by atoms with Crippen molar-refractivity contribution < 1.29 is 32.3 Å². The number of halogens is 4. The molecular weight excluding hydrogens is 917 g/mol. The van der Waals surface area contributed by atoms with Gasteiger partial charge in [-0.2, -0.15) is 0 Å². The second-order valence-corrected chi connectivity index (χ2v) is 19.0. The molecule has 2 atom stereocenters. The molecular formula is C54H52ClF3N8O4. The minimum Gasteiger partial charge on any atom is -0.368 e. The van der Waals surface area contributed by atoms with Crippen molar-refractivity contribution in [3.8, 4) is 11.8 Å². The topological polar surface area (TPSA) is 141 Å². The van der Waals surface area contributed by atoms with E-state index in [0.29, 0.717) is 61.4 Å². The molecule has 4 aromatic carbocycles. The molecule has 9 rings (SSSR count). The van der Waals surface area contributed by atoms with Gasteiger partial charge < -0.3 is 35.6 Å². The van der Waals surface area contributed by atoms with E-state index in [2.05, 4.69) is 67.3 Å². The second kappa shape index (κ2) is 20.4. The summed E-state index contributed by atoms with van der Waals surface area (Å²) in [5, 5.41) is 12.9. The third-order valence-corrected chi connectivity index (χ3v) is 13.8. The van der Waals surface area contributed by atoms with Crippen molar-refractivity contribution in [3.63, 3.8) is 0 Å². The van der Waals surface area contributed by atoms with E-state index in [1.165, 1.54) is 59.3 Å². The zero-order valence-electron chi connectivity index (χ0n) is 38.8. The smallest absolute Gasteiger partial charge is 0.296 e. The highest BCUT2D eigenvalue weighted by Gasteiger charge is 2.44. The number of piperazine rings is 1. The fourth-order valence-electron chi connectivity index (χ4n) is 9.57. The minimum absolute atomic E-state index is 0.0629. The van der Waals surface area contributed by atoms with Gasteiger partial charge in [0.05, 0.1) is 17.5 Å². The van der Waals surface area contributed by atoms with E-state index in [1.807, 2.05) is 22.9 Å². The van der Waals surface area contributed by atoms with Gasteiger partial charge in [-0.1, -0.05) is 41.8 Å². The number of fused-ring (bicyclic) bond motifs is 4. The molecule has 2 bridgehead atoms. The molecule has 16 heteroatoms. The lowest BCUT2D eigenvalue weighted by molar-refractivity contribution is -0.122. The number of benzene rings is 4. The predicted octanol–water partition coefficient (Wildman–Crippen LogP) is 7.72. The summed E-state index contributed by atoms with van der Waals surface area (Å²) in [7, 11) is 0. The number of rotatable bonds is 15. The SMILES string of the molecule is CC1(C)C(=O)N(Cc2c(F)cccc2Cl)c2cc(C(=O)NCc3c(F)cc(C#CC(=O)NCCCCn4ccc5cc(C(=O)NCCc6ccc(N7C[C@H]8CC[C@@H](C7)N8)cc6)cnc54)cc3F)ccc21. The first kappa shape index (κ1) is 47.9. The summed E-state index contributed by atoms with van der Waals surface area (Å²) in [5.74, 6) is 0.619. The van der Waals surface area contributed by atoms with Gasteiger partial charge >= 0.3 is 0 Å². The lowest BCUT2D eigenvalue weighted by Crippen LogP contribution is -2.51. The largest absolute Gasteiger partial charge is 0.368 e. The number of hydrogen-bond donors (Lipinski definition) is 4. The number of carbonyl (C=O) groups excluding carboxylic acids is 4. The highest BCUT2D eigenvalue weighted by atomic mass is 35.5. The number of anilines is 2. The standard InChI is InChI=1S/C54H52ClF3N8O4/c1-54(2)43-16-11-36(27-48(43)66(53(54)70)32-42-44(55)6-5-7-45(42)56)51(68)62-29-41-46(57)24-34(25-47(41)58)10-17-49(67)59-20-3-4-22-64-23-19-35-26-37(28-61-50(35)64)52(69)60-21-18-33-8-14-40(15-9-33)65-30-38-12-13-39(31-65)63-38/h5-9,11,14-16,19,23-28,38-39,63H,3-4,12-13,18,20-22,29-32H2,1-2H3,(H,59,67)(H,60,69)(H,62,68)/t38-,39+. The molecule has 0 spiro atoms. The van der Waals surface area contributed by atoms with Crippen molar-refractivity contribution in [2.45, 2.75) is 83.1 Å². The summed E-state index contributed by atoms with van der Waals surface area (Å²) < 4.78 is 47.0. The number of nitrogens with one attached hydrogen (secondary N) is 4. The van der Waals surface area contributed by atoms with Gasteiger partial charge in [-0.05, 0) is 118 Å². The van der Waals surface area contributed by atoms with Crippen LogP contribution in [0.4, 0.5) is 24.5 Å². The third-order valence-electron chi connectivity index (χ3n) is 13.5. The maximum absolute atomic E-state index is 15.2. The molecule has 70 heavy (non-hydrogen) atoms. The van der Waals surface area contributed by atoms with Crippen LogP contribution in [0, 0.1) is 29.3 Å². The number of nitrogens with zero attached hydrogens (tertiary/aromatic N) is 4. The third kappa shape index (κ3) is 10.4. The van der Waals surface area contributed by atoms with E-state index in [1.54, 1.807) is 26.1 Å². The summed E-state index contributed by atoms with van der Waals surface area (Å²) in [4.78, 5) is 60.6. The molecule has 6 aromatic rings. The van der Waals surface area contributed by atoms with Gasteiger partial charge in [0, 0.05) is 114 Å². The molecule has 2 aromatic heterocycles. The van der Waals surface area contributed by atoms with Gasteiger partial charge in [0.2, 0.25) is 5.91 Å². The lowest BCUT2D eigenvalue weighted by Gasteiger charge is -2.34. The van der Waals surface area contributed by atoms with E-state index in [-0.39, 0.29) is 40.1 Å². The Morgan fingerprint density at radius 3 is 2.31 bits per heavy atom. The molecule has 2 fully saturated rings. The first-order valence-corrected chi connectivity index (χ1v) is 23.9. The van der Waals surface area contributed by atoms with Crippen LogP contribution in [0.3, 0.4) is 0 Å². The quantitative estimate of drug-likeness (QED) is 0.0611. The van der Waals surface area contributed by atoms with E-state index in [0.717, 1.165) is 42.7 Å². The van der Waals surface area contributed by atoms with Gasteiger partial charge in [0.25, 0.3) is 17.7 Å². The zero-order chi connectivity index (χ0) is 49.1. The van der Waals surface area contributed by atoms with Crippen molar-refractivity contribution in [2.75, 3.05) is 36.0 Å². The van der Waals surface area contributed by atoms with E-state index < -0.39 is 46.8 Å². The Morgan fingerprint density at radius 1 is 0.829 bits per heavy atom. The van der Waals surface area contributed by atoms with Crippen molar-refractivity contribution in [3.05, 3.63) is 159 Å².